The molecular formula is C25H32BrN3O3Si. The number of nitrogens with zero attached hydrogens (tertiary/aromatic N) is 2. The van der Waals surface area contributed by atoms with Gasteiger partial charge < -0.3 is 19.4 Å². The summed E-state index contributed by atoms with van der Waals surface area (Å²) in [6.07, 6.45) is 3.00. The van der Waals surface area contributed by atoms with Crippen molar-refractivity contribution in [1.82, 2.24) is 9.55 Å². The first-order valence-electron chi connectivity index (χ1n) is 11.4. The molecule has 1 fully saturated rings. The minimum absolute atomic E-state index is 0.0424. The van der Waals surface area contributed by atoms with E-state index in [1.807, 2.05) is 41.0 Å². The Morgan fingerprint density at radius 3 is 2.70 bits per heavy atom. The number of alkyl halides is 1. The van der Waals surface area contributed by atoms with E-state index in [9.17, 15) is 4.79 Å². The van der Waals surface area contributed by atoms with Crippen LogP contribution >= 0.6 is 15.9 Å². The minimum atomic E-state index is -1.17. The predicted molar refractivity (Wildman–Crippen MR) is 140 cm³/mol. The van der Waals surface area contributed by atoms with Gasteiger partial charge in [-0.1, -0.05) is 53.8 Å². The van der Waals surface area contributed by atoms with E-state index in [0.29, 0.717) is 18.5 Å². The third kappa shape index (κ3) is 5.67. The number of hydrogen-bond donors (Lipinski definition) is 1. The highest BCUT2D eigenvalue weighted by Crippen LogP contribution is 2.41. The summed E-state index contributed by atoms with van der Waals surface area (Å²) in [5.41, 5.74) is 2.82. The molecule has 1 N–H and O–H groups in total. The minimum Gasteiger partial charge on any atom is -0.496 e. The number of methoxy groups -OCH3 is 1. The molecule has 2 atom stereocenters. The molecule has 0 bridgehead atoms. The number of para-hydroxylation sites is 1. The summed E-state index contributed by atoms with van der Waals surface area (Å²) >= 11 is 3.47. The Kier molecular flexibility index (Phi) is 7.26. The number of aromatic nitrogens is 2. The lowest BCUT2D eigenvalue weighted by Gasteiger charge is -2.15. The van der Waals surface area contributed by atoms with Gasteiger partial charge in [-0.05, 0) is 36.6 Å². The number of fused-ring (bicyclic) bond motifs is 1. The summed E-state index contributed by atoms with van der Waals surface area (Å²) in [6.45, 7) is 8.17. The van der Waals surface area contributed by atoms with Gasteiger partial charge in [0, 0.05) is 48.6 Å². The Balaban J connectivity index is 1.64. The van der Waals surface area contributed by atoms with Crippen LogP contribution in [-0.4, -0.2) is 42.6 Å². The van der Waals surface area contributed by atoms with E-state index in [4.69, 9.17) is 14.5 Å². The molecule has 1 saturated carbocycles. The number of amides is 1. The highest BCUT2D eigenvalue weighted by atomic mass is 79.9. The van der Waals surface area contributed by atoms with E-state index in [1.165, 1.54) is 0 Å². The molecule has 3 aromatic rings. The number of hydrogen-bond acceptors (Lipinski definition) is 4. The second-order valence-electron chi connectivity index (χ2n) is 9.87. The normalized spacial score (nSPS) is 17.8. The molecule has 2 heterocycles. The van der Waals surface area contributed by atoms with E-state index in [-0.39, 0.29) is 11.8 Å². The van der Waals surface area contributed by atoms with Crippen LogP contribution in [0.3, 0.4) is 0 Å². The zero-order valence-electron chi connectivity index (χ0n) is 19.7. The second-order valence-corrected chi connectivity index (χ2v) is 16.1. The van der Waals surface area contributed by atoms with E-state index in [2.05, 4.69) is 47.1 Å². The Morgan fingerprint density at radius 1 is 1.21 bits per heavy atom. The number of rotatable bonds is 10. The van der Waals surface area contributed by atoms with Crippen molar-refractivity contribution >= 4 is 46.8 Å². The van der Waals surface area contributed by atoms with E-state index < -0.39 is 8.07 Å². The number of pyridine rings is 1. The van der Waals surface area contributed by atoms with Crippen molar-refractivity contribution in [2.75, 3.05) is 24.4 Å². The Labute approximate surface area is 204 Å². The van der Waals surface area contributed by atoms with Gasteiger partial charge in [-0.25, -0.2) is 4.98 Å². The number of nitrogens with one attached hydrogen (secondary N) is 1. The van der Waals surface area contributed by atoms with E-state index >= 15 is 0 Å². The van der Waals surface area contributed by atoms with Crippen molar-refractivity contribution in [2.24, 2.45) is 11.8 Å². The fourth-order valence-electron chi connectivity index (χ4n) is 3.91. The molecule has 4 rings (SSSR count). The van der Waals surface area contributed by atoms with Crippen LogP contribution in [0.2, 0.25) is 25.7 Å². The van der Waals surface area contributed by atoms with Crippen LogP contribution < -0.4 is 10.1 Å². The van der Waals surface area contributed by atoms with Gasteiger partial charge in [-0.2, -0.15) is 0 Å². The maximum absolute atomic E-state index is 12.6. The van der Waals surface area contributed by atoms with Crippen molar-refractivity contribution in [2.45, 2.75) is 38.8 Å². The third-order valence-corrected chi connectivity index (χ3v) is 8.59. The molecule has 1 aliphatic carbocycles. The maximum Gasteiger partial charge on any atom is 0.228 e. The summed E-state index contributed by atoms with van der Waals surface area (Å²) in [5.74, 6) is 1.92. The summed E-state index contributed by atoms with van der Waals surface area (Å²) in [7, 11) is 0.515. The predicted octanol–water partition coefficient (Wildman–Crippen LogP) is 5.99. The van der Waals surface area contributed by atoms with Crippen LogP contribution in [0.4, 0.5) is 5.82 Å². The van der Waals surface area contributed by atoms with Crippen LogP contribution in [0, 0.1) is 11.8 Å². The lowest BCUT2D eigenvalue weighted by Crippen LogP contribution is -2.22. The lowest BCUT2D eigenvalue weighted by molar-refractivity contribution is -0.117. The van der Waals surface area contributed by atoms with E-state index in [1.54, 1.807) is 7.11 Å². The number of carbonyl (C=O) groups is 1. The first-order valence-corrected chi connectivity index (χ1v) is 16.2. The highest BCUT2D eigenvalue weighted by Gasteiger charge is 2.42. The Hall–Kier alpha value is -2.16. The van der Waals surface area contributed by atoms with Crippen molar-refractivity contribution in [3.8, 4) is 16.9 Å². The standard InChI is InChI=1S/C25H32BrN3O3Si/c1-31-22-8-6-5-7-18(22)21-15-29(16-32-11-12-33(2,3)4)24-19(21)9-10-23(27-24)28-25(30)20-13-17(20)14-26/h5-10,15,17,20H,11-14,16H2,1-4H3,(H,27,28,30)/t17-,20+/m0/s1. The fraction of sp³-hybridized carbons (Fsp3) is 0.440. The molecule has 1 aliphatic rings. The van der Waals surface area contributed by atoms with Gasteiger partial charge in [-0.15, -0.1) is 0 Å². The van der Waals surface area contributed by atoms with Crippen molar-refractivity contribution < 1.29 is 14.3 Å². The van der Waals surface area contributed by atoms with Gasteiger partial charge >= 0.3 is 0 Å². The molecule has 0 saturated heterocycles. The maximum atomic E-state index is 12.6. The quantitative estimate of drug-likeness (QED) is 0.199. The average Bonchev–Trinajstić information content (AvgIpc) is 3.51. The van der Waals surface area contributed by atoms with Gasteiger partial charge in [0.25, 0.3) is 0 Å². The van der Waals surface area contributed by atoms with E-state index in [0.717, 1.165) is 52.3 Å². The Morgan fingerprint density at radius 2 is 2.00 bits per heavy atom. The second kappa shape index (κ2) is 9.99. The van der Waals surface area contributed by atoms with Gasteiger partial charge in [-0.3, -0.25) is 4.79 Å². The monoisotopic (exact) mass is 529 g/mol. The number of carbonyl (C=O) groups excluding carboxylic acids is 1. The molecule has 8 heteroatoms. The summed E-state index contributed by atoms with van der Waals surface area (Å²) < 4.78 is 13.7. The first-order chi connectivity index (χ1) is 15.8. The van der Waals surface area contributed by atoms with Gasteiger partial charge in [0.1, 0.15) is 23.9 Å². The molecular weight excluding hydrogens is 498 g/mol. The zero-order valence-corrected chi connectivity index (χ0v) is 22.3. The molecule has 2 aromatic heterocycles. The van der Waals surface area contributed by atoms with Crippen molar-refractivity contribution in [1.29, 1.82) is 0 Å². The molecule has 1 amide bonds. The molecule has 0 radical (unpaired) electrons. The fourth-order valence-corrected chi connectivity index (χ4v) is 5.39. The molecule has 176 valence electrons. The smallest absolute Gasteiger partial charge is 0.228 e. The number of anilines is 1. The molecule has 6 nitrogen and oxygen atoms in total. The van der Waals surface area contributed by atoms with Gasteiger partial charge in [0.05, 0.1) is 7.11 Å². The van der Waals surface area contributed by atoms with Gasteiger partial charge in [0.2, 0.25) is 5.91 Å². The lowest BCUT2D eigenvalue weighted by atomic mass is 10.0. The summed E-state index contributed by atoms with van der Waals surface area (Å²) in [5, 5.41) is 4.86. The number of halogens is 1. The molecule has 0 aliphatic heterocycles. The zero-order chi connectivity index (χ0) is 23.6. The first kappa shape index (κ1) is 24.0. The molecule has 1 aromatic carbocycles. The SMILES string of the molecule is COc1ccccc1-c1cn(COCC[Si](C)(C)C)c2nc(NC(=O)[C@@H]3C[C@H]3CBr)ccc12. The number of ether oxygens (including phenoxy) is 2. The van der Waals surface area contributed by atoms with Crippen LogP contribution in [0.5, 0.6) is 5.75 Å². The average molecular weight is 531 g/mol. The van der Waals surface area contributed by atoms with Crippen LogP contribution in [-0.2, 0) is 16.3 Å². The number of benzene rings is 1. The van der Waals surface area contributed by atoms with Crippen molar-refractivity contribution in [3.05, 3.63) is 42.6 Å². The summed E-state index contributed by atoms with van der Waals surface area (Å²) in [6, 6.07) is 13.0. The summed E-state index contributed by atoms with van der Waals surface area (Å²) in [4.78, 5) is 17.4. The van der Waals surface area contributed by atoms with Crippen LogP contribution in [0.15, 0.2) is 42.6 Å². The largest absolute Gasteiger partial charge is 0.496 e. The highest BCUT2D eigenvalue weighted by molar-refractivity contribution is 9.09. The van der Waals surface area contributed by atoms with Gasteiger partial charge in [0.15, 0.2) is 0 Å². The molecule has 0 unspecified atom stereocenters. The third-order valence-electron chi connectivity index (χ3n) is 6.06. The molecule has 33 heavy (non-hydrogen) atoms. The topological polar surface area (TPSA) is 65.4 Å². The van der Waals surface area contributed by atoms with Crippen molar-refractivity contribution in [3.63, 3.8) is 0 Å². The Bertz CT molecular complexity index is 1140. The van der Waals surface area contributed by atoms with Crippen LogP contribution in [0.25, 0.3) is 22.2 Å². The molecule has 0 spiro atoms. The van der Waals surface area contributed by atoms with Crippen LogP contribution in [0.1, 0.15) is 6.42 Å².